The number of methoxy groups -OCH3 is 1. The number of carbonyl (C=O) groups is 1. The SMILES string of the molecule is COc1ccncc1-c1cc(F)ccc1C1Cc2nc(N)nc(C)c2C(=O)N1CCC(C)C. The van der Waals surface area contributed by atoms with Crippen LogP contribution in [0.25, 0.3) is 11.1 Å². The van der Waals surface area contributed by atoms with Crippen molar-refractivity contribution in [2.24, 2.45) is 5.92 Å². The van der Waals surface area contributed by atoms with E-state index in [1.807, 2.05) is 4.90 Å². The highest BCUT2D eigenvalue weighted by atomic mass is 19.1. The average Bonchev–Trinajstić information content (AvgIpc) is 2.77. The largest absolute Gasteiger partial charge is 0.496 e. The van der Waals surface area contributed by atoms with Crippen molar-refractivity contribution in [3.05, 3.63) is 65.0 Å². The third-order valence-corrected chi connectivity index (χ3v) is 6.03. The van der Waals surface area contributed by atoms with Gasteiger partial charge < -0.3 is 15.4 Å². The zero-order valence-electron chi connectivity index (χ0n) is 19.3. The topological polar surface area (TPSA) is 94.2 Å². The summed E-state index contributed by atoms with van der Waals surface area (Å²) in [4.78, 5) is 28.4. The van der Waals surface area contributed by atoms with Crippen molar-refractivity contribution >= 4 is 11.9 Å². The molecule has 172 valence electrons. The number of hydrogen-bond donors (Lipinski definition) is 1. The number of rotatable bonds is 6. The predicted molar refractivity (Wildman–Crippen MR) is 124 cm³/mol. The fourth-order valence-corrected chi connectivity index (χ4v) is 4.41. The lowest BCUT2D eigenvalue weighted by Crippen LogP contribution is -2.42. The molecule has 1 amide bonds. The molecule has 1 aromatic carbocycles. The van der Waals surface area contributed by atoms with Gasteiger partial charge in [-0.05, 0) is 48.6 Å². The minimum atomic E-state index is -0.377. The Morgan fingerprint density at radius 1 is 1.24 bits per heavy atom. The molecule has 0 bridgehead atoms. The normalized spacial score (nSPS) is 15.6. The number of carbonyl (C=O) groups excluding carboxylic acids is 1. The van der Waals surface area contributed by atoms with Gasteiger partial charge in [0.1, 0.15) is 11.6 Å². The molecular formula is C25H28FN5O2. The lowest BCUT2D eigenvalue weighted by molar-refractivity contribution is 0.0633. The zero-order chi connectivity index (χ0) is 23.7. The number of nitrogens with zero attached hydrogens (tertiary/aromatic N) is 4. The minimum absolute atomic E-state index is 0.132. The Bertz CT molecular complexity index is 1200. The van der Waals surface area contributed by atoms with Crippen LogP contribution in [0.1, 0.15) is 53.6 Å². The lowest BCUT2D eigenvalue weighted by Gasteiger charge is -2.38. The van der Waals surface area contributed by atoms with Crippen LogP contribution in [-0.2, 0) is 6.42 Å². The number of aromatic nitrogens is 3. The molecule has 33 heavy (non-hydrogen) atoms. The summed E-state index contributed by atoms with van der Waals surface area (Å²) in [5.41, 5.74) is 9.70. The van der Waals surface area contributed by atoms with E-state index < -0.39 is 0 Å². The number of nitrogen functional groups attached to an aromatic ring is 1. The van der Waals surface area contributed by atoms with Gasteiger partial charge in [0.05, 0.1) is 30.1 Å². The van der Waals surface area contributed by atoms with Gasteiger partial charge >= 0.3 is 0 Å². The Hall–Kier alpha value is -3.55. The van der Waals surface area contributed by atoms with Crippen molar-refractivity contribution in [3.8, 4) is 16.9 Å². The number of aryl methyl sites for hydroxylation is 1. The van der Waals surface area contributed by atoms with Gasteiger partial charge in [-0.25, -0.2) is 14.4 Å². The third kappa shape index (κ3) is 4.37. The highest BCUT2D eigenvalue weighted by molar-refractivity contribution is 5.98. The van der Waals surface area contributed by atoms with Crippen molar-refractivity contribution < 1.29 is 13.9 Å². The first-order valence-corrected chi connectivity index (χ1v) is 11.0. The molecule has 1 aliphatic rings. The number of benzene rings is 1. The molecule has 0 saturated heterocycles. The molecule has 0 spiro atoms. The highest BCUT2D eigenvalue weighted by Gasteiger charge is 2.37. The molecule has 1 unspecified atom stereocenters. The van der Waals surface area contributed by atoms with Gasteiger partial charge in [-0.3, -0.25) is 9.78 Å². The van der Waals surface area contributed by atoms with Gasteiger partial charge in [-0.1, -0.05) is 19.9 Å². The predicted octanol–water partition coefficient (Wildman–Crippen LogP) is 4.36. The van der Waals surface area contributed by atoms with E-state index in [-0.39, 0.29) is 23.7 Å². The summed E-state index contributed by atoms with van der Waals surface area (Å²) in [6.07, 6.45) is 4.56. The number of amides is 1. The monoisotopic (exact) mass is 449 g/mol. The van der Waals surface area contributed by atoms with Crippen molar-refractivity contribution in [2.75, 3.05) is 19.4 Å². The molecule has 7 nitrogen and oxygen atoms in total. The van der Waals surface area contributed by atoms with Crippen molar-refractivity contribution in [1.29, 1.82) is 0 Å². The molecule has 0 saturated carbocycles. The van der Waals surface area contributed by atoms with Crippen molar-refractivity contribution in [2.45, 2.75) is 39.7 Å². The van der Waals surface area contributed by atoms with E-state index in [4.69, 9.17) is 10.5 Å². The number of nitrogens with two attached hydrogens (primary N) is 1. The lowest BCUT2D eigenvalue weighted by atomic mass is 9.87. The molecule has 4 rings (SSSR count). The van der Waals surface area contributed by atoms with Crippen LogP contribution in [0, 0.1) is 18.7 Å². The Morgan fingerprint density at radius 2 is 2.03 bits per heavy atom. The van der Waals surface area contributed by atoms with Gasteiger partial charge in [-0.15, -0.1) is 0 Å². The molecule has 3 heterocycles. The smallest absolute Gasteiger partial charge is 0.258 e. The quantitative estimate of drug-likeness (QED) is 0.601. The molecular weight excluding hydrogens is 421 g/mol. The summed E-state index contributed by atoms with van der Waals surface area (Å²) in [6, 6.07) is 6.01. The van der Waals surface area contributed by atoms with Crippen LogP contribution in [0.2, 0.25) is 0 Å². The van der Waals surface area contributed by atoms with Crippen LogP contribution in [0.15, 0.2) is 36.7 Å². The van der Waals surface area contributed by atoms with Crippen molar-refractivity contribution in [1.82, 2.24) is 19.9 Å². The number of halogens is 1. The molecule has 0 aliphatic carbocycles. The maximum atomic E-state index is 14.4. The van der Waals surface area contributed by atoms with E-state index in [1.165, 1.54) is 12.1 Å². The van der Waals surface area contributed by atoms with E-state index in [9.17, 15) is 9.18 Å². The highest BCUT2D eigenvalue weighted by Crippen LogP contribution is 2.41. The molecule has 2 N–H and O–H groups in total. The molecule has 0 fully saturated rings. The van der Waals surface area contributed by atoms with Crippen LogP contribution < -0.4 is 10.5 Å². The van der Waals surface area contributed by atoms with Gasteiger partial charge in [0.25, 0.3) is 5.91 Å². The average molecular weight is 450 g/mol. The zero-order valence-corrected chi connectivity index (χ0v) is 19.3. The Kier molecular flexibility index (Phi) is 6.26. The van der Waals surface area contributed by atoms with Gasteiger partial charge in [0.15, 0.2) is 0 Å². The van der Waals surface area contributed by atoms with Gasteiger partial charge in [-0.2, -0.15) is 0 Å². The van der Waals surface area contributed by atoms with E-state index in [0.717, 1.165) is 12.0 Å². The second-order valence-corrected chi connectivity index (χ2v) is 8.70. The van der Waals surface area contributed by atoms with Crippen LogP contribution in [0.3, 0.4) is 0 Å². The second kappa shape index (κ2) is 9.13. The molecule has 3 aromatic rings. The standard InChI is InChI=1S/C25H28FN5O2/c1-14(2)8-10-31-21(12-20-23(24(31)32)15(3)29-25(27)30-20)17-6-5-16(26)11-18(17)19-13-28-9-7-22(19)33-4/h5-7,9,11,13-14,21H,8,10,12H2,1-4H3,(H2,27,29,30). The number of fused-ring (bicyclic) bond motifs is 1. The fraction of sp³-hybridized carbons (Fsp3) is 0.360. The summed E-state index contributed by atoms with van der Waals surface area (Å²) in [5.74, 6) is 0.623. The van der Waals surface area contributed by atoms with E-state index >= 15 is 0 Å². The van der Waals surface area contributed by atoms with Crippen LogP contribution >= 0.6 is 0 Å². The number of ether oxygens (including phenoxy) is 1. The Balaban J connectivity index is 1.89. The van der Waals surface area contributed by atoms with Crippen LogP contribution in [-0.4, -0.2) is 39.4 Å². The van der Waals surface area contributed by atoms with E-state index in [1.54, 1.807) is 38.6 Å². The first kappa shape index (κ1) is 22.6. The molecule has 2 aromatic heterocycles. The van der Waals surface area contributed by atoms with E-state index in [0.29, 0.717) is 52.7 Å². The number of pyridine rings is 1. The summed E-state index contributed by atoms with van der Waals surface area (Å²) >= 11 is 0. The maximum absolute atomic E-state index is 14.4. The number of anilines is 1. The summed E-state index contributed by atoms with van der Waals surface area (Å²) in [5, 5.41) is 0. The maximum Gasteiger partial charge on any atom is 0.258 e. The second-order valence-electron chi connectivity index (χ2n) is 8.70. The summed E-state index contributed by atoms with van der Waals surface area (Å²) in [6.45, 7) is 6.58. The fourth-order valence-electron chi connectivity index (χ4n) is 4.41. The molecule has 0 radical (unpaired) electrons. The number of hydrogen-bond acceptors (Lipinski definition) is 6. The molecule has 1 atom stereocenters. The Morgan fingerprint density at radius 3 is 2.76 bits per heavy atom. The van der Waals surface area contributed by atoms with Gasteiger partial charge in [0.2, 0.25) is 5.95 Å². The van der Waals surface area contributed by atoms with Crippen LogP contribution in [0.4, 0.5) is 10.3 Å². The third-order valence-electron chi connectivity index (χ3n) is 6.03. The molecule has 1 aliphatic heterocycles. The summed E-state index contributed by atoms with van der Waals surface area (Å²) in [7, 11) is 1.57. The van der Waals surface area contributed by atoms with Crippen molar-refractivity contribution in [3.63, 3.8) is 0 Å². The van der Waals surface area contributed by atoms with E-state index in [2.05, 4.69) is 28.8 Å². The minimum Gasteiger partial charge on any atom is -0.496 e. The first-order chi connectivity index (χ1) is 15.8. The van der Waals surface area contributed by atoms with Crippen LogP contribution in [0.5, 0.6) is 5.75 Å². The first-order valence-electron chi connectivity index (χ1n) is 11.0. The van der Waals surface area contributed by atoms with Gasteiger partial charge in [0, 0.05) is 30.9 Å². The Labute approximate surface area is 192 Å². The summed E-state index contributed by atoms with van der Waals surface area (Å²) < 4.78 is 19.9. The molecule has 8 heteroatoms.